The lowest BCUT2D eigenvalue weighted by Crippen LogP contribution is -2.02. The third-order valence-electron chi connectivity index (χ3n) is 2.35. The van der Waals surface area contributed by atoms with Crippen molar-refractivity contribution < 1.29 is 9.53 Å². The Morgan fingerprint density at radius 2 is 2.10 bits per heavy atom. The summed E-state index contributed by atoms with van der Waals surface area (Å²) in [6.07, 6.45) is 1.39. The van der Waals surface area contributed by atoms with Gasteiger partial charge < -0.3 is 15.8 Å². The van der Waals surface area contributed by atoms with Gasteiger partial charge in [-0.05, 0) is 25.5 Å². The Labute approximate surface area is 120 Å². The van der Waals surface area contributed by atoms with Crippen LogP contribution in [0.1, 0.15) is 39.2 Å². The fourth-order valence-electron chi connectivity index (χ4n) is 1.33. The van der Waals surface area contributed by atoms with Crippen LogP contribution in [0, 0.1) is 11.3 Å². The van der Waals surface area contributed by atoms with Crippen molar-refractivity contribution in [1.82, 2.24) is 0 Å². The second-order valence-corrected chi connectivity index (χ2v) is 3.98. The van der Waals surface area contributed by atoms with Crippen molar-refractivity contribution in [2.75, 3.05) is 24.2 Å². The highest BCUT2D eigenvalue weighted by molar-refractivity contribution is 5.72. The van der Waals surface area contributed by atoms with E-state index in [2.05, 4.69) is 5.32 Å². The van der Waals surface area contributed by atoms with Crippen LogP contribution in [0.15, 0.2) is 18.2 Å². The van der Waals surface area contributed by atoms with Crippen LogP contribution in [0.3, 0.4) is 0 Å². The molecule has 0 saturated heterocycles. The number of nitrogens with two attached hydrogens (primary N) is 1. The number of anilines is 2. The van der Waals surface area contributed by atoms with E-state index in [1.165, 1.54) is 0 Å². The van der Waals surface area contributed by atoms with E-state index in [1.807, 2.05) is 32.0 Å². The van der Waals surface area contributed by atoms with Crippen LogP contribution in [-0.4, -0.2) is 19.1 Å². The van der Waals surface area contributed by atoms with Crippen LogP contribution in [0.25, 0.3) is 0 Å². The first-order valence-electron chi connectivity index (χ1n) is 6.78. The molecule has 0 bridgehead atoms. The monoisotopic (exact) mass is 277 g/mol. The van der Waals surface area contributed by atoms with E-state index in [4.69, 9.17) is 15.7 Å². The van der Waals surface area contributed by atoms with Gasteiger partial charge >= 0.3 is 5.97 Å². The van der Waals surface area contributed by atoms with Gasteiger partial charge in [0.25, 0.3) is 0 Å². The quantitative estimate of drug-likeness (QED) is 0.638. The minimum Gasteiger partial charge on any atom is -0.466 e. The lowest BCUT2D eigenvalue weighted by Gasteiger charge is -2.06. The molecule has 0 fully saturated rings. The predicted octanol–water partition coefficient (Wildman–Crippen LogP) is 2.92. The zero-order valence-corrected chi connectivity index (χ0v) is 12.4. The predicted molar refractivity (Wildman–Crippen MR) is 81.3 cm³/mol. The number of benzene rings is 1. The summed E-state index contributed by atoms with van der Waals surface area (Å²) in [4.78, 5) is 10.3. The average Bonchev–Trinajstić information content (AvgIpc) is 2.47. The number of nitrogens with one attached hydrogen (secondary N) is 1. The third kappa shape index (κ3) is 6.64. The molecule has 110 valence electrons. The van der Waals surface area contributed by atoms with E-state index in [-0.39, 0.29) is 5.97 Å². The SMILES string of the molecule is CCCOC(=O)CC.CCNc1cccc(C#N)c1N. The molecule has 20 heavy (non-hydrogen) atoms. The van der Waals surface area contributed by atoms with Gasteiger partial charge in [-0.2, -0.15) is 5.26 Å². The van der Waals surface area contributed by atoms with Gasteiger partial charge in [0.1, 0.15) is 6.07 Å². The average molecular weight is 277 g/mol. The van der Waals surface area contributed by atoms with Gasteiger partial charge in [-0.1, -0.05) is 19.9 Å². The normalized spacial score (nSPS) is 8.90. The van der Waals surface area contributed by atoms with Crippen molar-refractivity contribution in [2.24, 2.45) is 0 Å². The van der Waals surface area contributed by atoms with Gasteiger partial charge in [0.2, 0.25) is 0 Å². The molecule has 0 saturated carbocycles. The molecule has 1 aromatic carbocycles. The molecule has 0 spiro atoms. The summed E-state index contributed by atoms with van der Waals surface area (Å²) in [6.45, 7) is 7.12. The second-order valence-electron chi connectivity index (χ2n) is 3.98. The molecule has 0 heterocycles. The second kappa shape index (κ2) is 10.7. The number of carbonyl (C=O) groups is 1. The van der Waals surface area contributed by atoms with Gasteiger partial charge in [-0.15, -0.1) is 0 Å². The Hall–Kier alpha value is -2.22. The maximum atomic E-state index is 10.3. The van der Waals surface area contributed by atoms with Crippen LogP contribution in [0.5, 0.6) is 0 Å². The molecule has 0 atom stereocenters. The zero-order chi connectivity index (χ0) is 15.4. The van der Waals surface area contributed by atoms with Crippen LogP contribution in [-0.2, 0) is 9.53 Å². The number of nitriles is 1. The molecule has 3 N–H and O–H groups in total. The Balaban J connectivity index is 0.000000396. The molecule has 5 nitrogen and oxygen atoms in total. The minimum absolute atomic E-state index is 0.105. The molecule has 0 radical (unpaired) electrons. The first kappa shape index (κ1) is 17.8. The Morgan fingerprint density at radius 3 is 2.60 bits per heavy atom. The Morgan fingerprint density at radius 1 is 1.40 bits per heavy atom. The topological polar surface area (TPSA) is 88.1 Å². The molecule has 0 aliphatic carbocycles. The van der Waals surface area contributed by atoms with Crippen LogP contribution >= 0.6 is 0 Å². The van der Waals surface area contributed by atoms with Crippen molar-refractivity contribution in [3.63, 3.8) is 0 Å². The first-order chi connectivity index (χ1) is 9.60. The summed E-state index contributed by atoms with van der Waals surface area (Å²) in [6, 6.07) is 7.41. The summed E-state index contributed by atoms with van der Waals surface area (Å²) in [5.41, 5.74) is 7.58. The lowest BCUT2D eigenvalue weighted by atomic mass is 10.1. The van der Waals surface area contributed by atoms with Crippen LogP contribution < -0.4 is 11.1 Å². The van der Waals surface area contributed by atoms with Crippen LogP contribution in [0.2, 0.25) is 0 Å². The van der Waals surface area contributed by atoms with Crippen molar-refractivity contribution in [1.29, 1.82) is 5.26 Å². The molecule has 0 aliphatic heterocycles. The number of nitrogens with zero attached hydrogens (tertiary/aromatic N) is 1. The number of carbonyl (C=O) groups excluding carboxylic acids is 1. The first-order valence-corrected chi connectivity index (χ1v) is 6.78. The number of ether oxygens (including phenoxy) is 1. The molecule has 5 heteroatoms. The third-order valence-corrected chi connectivity index (χ3v) is 2.35. The highest BCUT2D eigenvalue weighted by atomic mass is 16.5. The zero-order valence-electron chi connectivity index (χ0n) is 12.4. The summed E-state index contributed by atoms with van der Waals surface area (Å²) >= 11 is 0. The van der Waals surface area contributed by atoms with Gasteiger partial charge in [-0.3, -0.25) is 4.79 Å². The van der Waals surface area contributed by atoms with Crippen molar-refractivity contribution in [3.8, 4) is 6.07 Å². The van der Waals surface area contributed by atoms with Gasteiger partial charge in [-0.25, -0.2) is 0 Å². The summed E-state index contributed by atoms with van der Waals surface area (Å²) in [7, 11) is 0. The van der Waals surface area contributed by atoms with Crippen molar-refractivity contribution >= 4 is 17.3 Å². The molecule has 0 amide bonds. The number of hydrogen-bond acceptors (Lipinski definition) is 5. The fourth-order valence-corrected chi connectivity index (χ4v) is 1.33. The maximum absolute atomic E-state index is 10.3. The molecule has 1 aromatic rings. The molecule has 0 aromatic heterocycles. The summed E-state index contributed by atoms with van der Waals surface area (Å²) in [5.74, 6) is -0.105. The minimum atomic E-state index is -0.105. The molecular weight excluding hydrogens is 254 g/mol. The van der Waals surface area contributed by atoms with Gasteiger partial charge in [0, 0.05) is 13.0 Å². The highest BCUT2D eigenvalue weighted by Crippen LogP contribution is 2.21. The van der Waals surface area contributed by atoms with E-state index in [0.29, 0.717) is 24.3 Å². The van der Waals surface area contributed by atoms with Crippen LogP contribution in [0.4, 0.5) is 11.4 Å². The Bertz CT molecular complexity index is 453. The maximum Gasteiger partial charge on any atom is 0.305 e. The molecule has 0 aliphatic rings. The lowest BCUT2D eigenvalue weighted by molar-refractivity contribution is -0.143. The van der Waals surface area contributed by atoms with Crippen molar-refractivity contribution in [3.05, 3.63) is 23.8 Å². The van der Waals surface area contributed by atoms with E-state index in [1.54, 1.807) is 13.0 Å². The fraction of sp³-hybridized carbons (Fsp3) is 0.467. The highest BCUT2D eigenvalue weighted by Gasteiger charge is 2.01. The van der Waals surface area contributed by atoms with E-state index in [0.717, 1.165) is 18.7 Å². The molecular formula is C15H23N3O2. The standard InChI is InChI=1S/C9H11N3.C6H12O2/c1-2-12-8-5-3-4-7(6-10)9(8)11;1-3-5-8-6(7)4-2/h3-5,12H,2,11H2,1H3;3-5H2,1-2H3. The molecule has 1 rings (SSSR count). The van der Waals surface area contributed by atoms with E-state index < -0.39 is 0 Å². The molecule has 0 unspecified atom stereocenters. The smallest absolute Gasteiger partial charge is 0.305 e. The van der Waals surface area contributed by atoms with E-state index >= 15 is 0 Å². The van der Waals surface area contributed by atoms with Gasteiger partial charge in [0.05, 0.1) is 23.5 Å². The number of para-hydroxylation sites is 1. The number of nitrogen functional groups attached to an aromatic ring is 1. The number of hydrogen-bond donors (Lipinski definition) is 2. The number of esters is 1. The largest absolute Gasteiger partial charge is 0.466 e. The number of rotatable bonds is 5. The Kier molecular flexibility index (Phi) is 9.49. The van der Waals surface area contributed by atoms with Gasteiger partial charge in [0.15, 0.2) is 0 Å². The summed E-state index contributed by atoms with van der Waals surface area (Å²) < 4.78 is 4.70. The summed E-state index contributed by atoms with van der Waals surface area (Å²) in [5, 5.41) is 11.7. The van der Waals surface area contributed by atoms with E-state index in [9.17, 15) is 4.79 Å². The van der Waals surface area contributed by atoms with Crippen molar-refractivity contribution in [2.45, 2.75) is 33.6 Å².